The average molecular weight is 334 g/mol. The van der Waals surface area contributed by atoms with E-state index < -0.39 is 0 Å². The van der Waals surface area contributed by atoms with Gasteiger partial charge in [-0.25, -0.2) is 0 Å². The zero-order chi connectivity index (χ0) is 15.4. The Morgan fingerprint density at radius 2 is 2.00 bits per heavy atom. The second-order valence-corrected chi connectivity index (χ2v) is 7.11. The van der Waals surface area contributed by atoms with E-state index in [2.05, 4.69) is 45.3 Å². The van der Waals surface area contributed by atoms with Gasteiger partial charge in [0.05, 0.1) is 6.54 Å². The predicted octanol–water partition coefficient (Wildman–Crippen LogP) is 3.80. The molecular weight excluding hydrogens is 314 g/mol. The van der Waals surface area contributed by atoms with E-state index in [1.807, 2.05) is 19.2 Å². The van der Waals surface area contributed by atoms with Crippen LogP contribution < -0.4 is 10.6 Å². The molecule has 0 radical (unpaired) electrons. The maximum atomic E-state index is 5.98. The summed E-state index contributed by atoms with van der Waals surface area (Å²) in [6.07, 6.45) is 2.42. The molecule has 0 unspecified atom stereocenters. The molecule has 0 bridgehead atoms. The van der Waals surface area contributed by atoms with Crippen molar-refractivity contribution >= 4 is 28.9 Å². The van der Waals surface area contributed by atoms with E-state index in [4.69, 9.17) is 11.6 Å². The minimum absolute atomic E-state index is 0.241. The van der Waals surface area contributed by atoms with Crippen molar-refractivity contribution in [3.63, 3.8) is 0 Å². The van der Waals surface area contributed by atoms with Crippen LogP contribution in [0.4, 0.5) is 0 Å². The van der Waals surface area contributed by atoms with Gasteiger partial charge in [-0.3, -0.25) is 4.99 Å². The fourth-order valence-electron chi connectivity index (χ4n) is 2.58. The molecule has 1 fully saturated rings. The lowest BCUT2D eigenvalue weighted by Gasteiger charge is -2.19. The standard InChI is InChI=1S/C17H20ClN3S/c1-19-16(20-11-15-3-2-10-22-15)21-12-17(8-9-17)13-4-6-14(18)7-5-13/h2-7,10H,8-9,11-12H2,1H3,(H2,19,20,21). The first-order valence-corrected chi connectivity index (χ1v) is 8.71. The third-order valence-electron chi connectivity index (χ3n) is 4.14. The van der Waals surface area contributed by atoms with E-state index in [1.54, 1.807) is 11.3 Å². The molecule has 0 amide bonds. The van der Waals surface area contributed by atoms with Crippen molar-refractivity contribution < 1.29 is 0 Å². The lowest BCUT2D eigenvalue weighted by atomic mass is 9.96. The van der Waals surface area contributed by atoms with Crippen LogP contribution in [0.5, 0.6) is 0 Å². The van der Waals surface area contributed by atoms with E-state index in [-0.39, 0.29) is 5.41 Å². The van der Waals surface area contributed by atoms with Crippen LogP contribution in [0.3, 0.4) is 0 Å². The van der Waals surface area contributed by atoms with Crippen molar-refractivity contribution in [2.24, 2.45) is 4.99 Å². The number of benzene rings is 1. The van der Waals surface area contributed by atoms with Gasteiger partial charge in [0.1, 0.15) is 0 Å². The molecule has 0 aliphatic heterocycles. The molecule has 0 atom stereocenters. The Labute approximate surface area is 140 Å². The molecule has 1 saturated carbocycles. The summed E-state index contributed by atoms with van der Waals surface area (Å²) in [7, 11) is 1.81. The molecule has 1 aliphatic rings. The van der Waals surface area contributed by atoms with Gasteiger partial charge in [-0.2, -0.15) is 0 Å². The average Bonchev–Trinajstić information content (AvgIpc) is 3.14. The second kappa shape index (κ2) is 6.71. The van der Waals surface area contributed by atoms with E-state index in [9.17, 15) is 0 Å². The summed E-state index contributed by atoms with van der Waals surface area (Å²) in [4.78, 5) is 5.61. The zero-order valence-corrected chi connectivity index (χ0v) is 14.2. The van der Waals surface area contributed by atoms with Crippen LogP contribution in [0.25, 0.3) is 0 Å². The summed E-state index contributed by atoms with van der Waals surface area (Å²) in [6, 6.07) is 12.4. The van der Waals surface area contributed by atoms with Crippen LogP contribution in [0, 0.1) is 0 Å². The predicted molar refractivity (Wildman–Crippen MR) is 94.9 cm³/mol. The SMILES string of the molecule is CN=C(NCc1cccs1)NCC1(c2ccc(Cl)cc2)CC1. The first-order valence-electron chi connectivity index (χ1n) is 7.45. The molecule has 1 aromatic heterocycles. The highest BCUT2D eigenvalue weighted by atomic mass is 35.5. The maximum Gasteiger partial charge on any atom is 0.191 e. The van der Waals surface area contributed by atoms with Crippen LogP contribution in [0.2, 0.25) is 5.02 Å². The van der Waals surface area contributed by atoms with Crippen molar-refractivity contribution in [2.75, 3.05) is 13.6 Å². The highest BCUT2D eigenvalue weighted by Gasteiger charge is 2.44. The zero-order valence-electron chi connectivity index (χ0n) is 12.6. The molecule has 1 aromatic carbocycles. The molecule has 3 rings (SSSR count). The second-order valence-electron chi connectivity index (χ2n) is 5.65. The molecule has 116 valence electrons. The summed E-state index contributed by atoms with van der Waals surface area (Å²) in [5.41, 5.74) is 1.60. The van der Waals surface area contributed by atoms with Gasteiger partial charge in [-0.15, -0.1) is 11.3 Å². The molecule has 1 heterocycles. The number of halogens is 1. The minimum Gasteiger partial charge on any atom is -0.356 e. The number of aliphatic imine (C=N–C) groups is 1. The van der Waals surface area contributed by atoms with Gasteiger partial charge in [0.25, 0.3) is 0 Å². The topological polar surface area (TPSA) is 36.4 Å². The van der Waals surface area contributed by atoms with Crippen molar-refractivity contribution in [3.05, 3.63) is 57.2 Å². The van der Waals surface area contributed by atoms with E-state index in [0.717, 1.165) is 24.1 Å². The Hall–Kier alpha value is -1.52. The first kappa shape index (κ1) is 15.4. The first-order chi connectivity index (χ1) is 10.7. The largest absolute Gasteiger partial charge is 0.356 e. The summed E-state index contributed by atoms with van der Waals surface area (Å²) in [5.74, 6) is 0.855. The number of hydrogen-bond donors (Lipinski definition) is 2. The Morgan fingerprint density at radius 3 is 2.59 bits per heavy atom. The number of nitrogens with zero attached hydrogens (tertiary/aromatic N) is 1. The number of rotatable bonds is 5. The summed E-state index contributed by atoms with van der Waals surface area (Å²) in [6.45, 7) is 1.71. The van der Waals surface area contributed by atoms with Gasteiger partial charge in [0, 0.05) is 28.9 Å². The maximum absolute atomic E-state index is 5.98. The minimum atomic E-state index is 0.241. The Bertz CT molecular complexity index is 630. The van der Waals surface area contributed by atoms with Crippen LogP contribution in [0.1, 0.15) is 23.3 Å². The lowest BCUT2D eigenvalue weighted by molar-refractivity contribution is 0.646. The molecule has 0 saturated heterocycles. The Balaban J connectivity index is 1.55. The van der Waals surface area contributed by atoms with Gasteiger partial charge < -0.3 is 10.6 Å². The van der Waals surface area contributed by atoms with Crippen molar-refractivity contribution in [1.29, 1.82) is 0 Å². The van der Waals surface area contributed by atoms with Crippen LogP contribution in [0.15, 0.2) is 46.8 Å². The summed E-state index contributed by atoms with van der Waals surface area (Å²) >= 11 is 7.73. The number of hydrogen-bond acceptors (Lipinski definition) is 2. The molecule has 22 heavy (non-hydrogen) atoms. The van der Waals surface area contributed by atoms with Crippen molar-refractivity contribution in [2.45, 2.75) is 24.8 Å². The molecule has 5 heteroatoms. The smallest absolute Gasteiger partial charge is 0.191 e. The molecule has 1 aliphatic carbocycles. The van der Waals surface area contributed by atoms with Crippen molar-refractivity contribution in [3.8, 4) is 0 Å². The lowest BCUT2D eigenvalue weighted by Crippen LogP contribution is -2.40. The third kappa shape index (κ3) is 3.62. The molecule has 2 N–H and O–H groups in total. The van der Waals surface area contributed by atoms with Crippen LogP contribution in [-0.2, 0) is 12.0 Å². The molecule has 0 spiro atoms. The summed E-state index contributed by atoms with van der Waals surface area (Å²) < 4.78 is 0. The van der Waals surface area contributed by atoms with Gasteiger partial charge in [0.2, 0.25) is 0 Å². The van der Waals surface area contributed by atoms with E-state index >= 15 is 0 Å². The fraction of sp³-hybridized carbons (Fsp3) is 0.353. The number of nitrogens with one attached hydrogen (secondary N) is 2. The fourth-order valence-corrected chi connectivity index (χ4v) is 3.35. The molecule has 2 aromatic rings. The Morgan fingerprint density at radius 1 is 1.23 bits per heavy atom. The molecular formula is C17H20ClN3S. The monoisotopic (exact) mass is 333 g/mol. The van der Waals surface area contributed by atoms with E-state index in [0.29, 0.717) is 0 Å². The van der Waals surface area contributed by atoms with E-state index in [1.165, 1.54) is 23.3 Å². The number of thiophene rings is 1. The number of guanidine groups is 1. The quantitative estimate of drug-likeness (QED) is 0.645. The van der Waals surface area contributed by atoms with Gasteiger partial charge in [0.15, 0.2) is 5.96 Å². The van der Waals surface area contributed by atoms with Crippen LogP contribution >= 0.6 is 22.9 Å². The van der Waals surface area contributed by atoms with Gasteiger partial charge in [-0.05, 0) is 42.0 Å². The van der Waals surface area contributed by atoms with Gasteiger partial charge >= 0.3 is 0 Å². The highest BCUT2D eigenvalue weighted by Crippen LogP contribution is 2.47. The Kier molecular flexibility index (Phi) is 4.69. The molecule has 3 nitrogen and oxygen atoms in total. The summed E-state index contributed by atoms with van der Waals surface area (Å²) in [5, 5.41) is 9.70. The third-order valence-corrected chi connectivity index (χ3v) is 5.27. The van der Waals surface area contributed by atoms with Crippen molar-refractivity contribution in [1.82, 2.24) is 10.6 Å². The normalized spacial score (nSPS) is 16.4. The van der Waals surface area contributed by atoms with Crippen LogP contribution in [-0.4, -0.2) is 19.6 Å². The van der Waals surface area contributed by atoms with Gasteiger partial charge in [-0.1, -0.05) is 29.8 Å². The highest BCUT2D eigenvalue weighted by molar-refractivity contribution is 7.09.